The van der Waals surface area contributed by atoms with Crippen molar-refractivity contribution in [3.8, 4) is 0 Å². The van der Waals surface area contributed by atoms with Crippen LogP contribution in [0.15, 0.2) is 11.2 Å². The van der Waals surface area contributed by atoms with Crippen molar-refractivity contribution in [2.45, 2.75) is 49.6 Å². The Kier molecular flexibility index (Phi) is 4.16. The zero-order valence-corrected chi connectivity index (χ0v) is 12.7. The molecule has 0 N–H and O–H groups in total. The smallest absolute Gasteiger partial charge is 0.210 e. The quantitative estimate of drug-likeness (QED) is 0.639. The first kappa shape index (κ1) is 13.8. The van der Waals surface area contributed by atoms with E-state index in [-0.39, 0.29) is 0 Å². The van der Waals surface area contributed by atoms with E-state index in [9.17, 15) is 0 Å². The van der Waals surface area contributed by atoms with Crippen molar-refractivity contribution < 1.29 is 0 Å². The van der Waals surface area contributed by atoms with Gasteiger partial charge < -0.3 is 0 Å². The summed E-state index contributed by atoms with van der Waals surface area (Å²) in [6.45, 7) is 1.91. The maximum atomic E-state index is 5.94. The van der Waals surface area contributed by atoms with E-state index in [0.717, 1.165) is 23.7 Å². The van der Waals surface area contributed by atoms with Gasteiger partial charge in [-0.15, -0.1) is 5.10 Å². The maximum Gasteiger partial charge on any atom is 0.210 e. The monoisotopic (exact) mass is 310 g/mol. The molecule has 20 heavy (non-hydrogen) atoms. The van der Waals surface area contributed by atoms with Crippen molar-refractivity contribution in [3.63, 3.8) is 0 Å². The third kappa shape index (κ3) is 3.09. The predicted octanol–water partition coefficient (Wildman–Crippen LogP) is 2.83. The Labute approximate surface area is 126 Å². The molecule has 0 aromatic carbocycles. The Morgan fingerprint density at radius 2 is 2.15 bits per heavy atom. The van der Waals surface area contributed by atoms with E-state index in [2.05, 4.69) is 25.5 Å². The van der Waals surface area contributed by atoms with Crippen molar-refractivity contribution in [3.05, 3.63) is 22.7 Å². The molecule has 106 valence electrons. The summed E-state index contributed by atoms with van der Waals surface area (Å²) in [5, 5.41) is 13.3. The van der Waals surface area contributed by atoms with Crippen LogP contribution in [-0.4, -0.2) is 30.2 Å². The van der Waals surface area contributed by atoms with Crippen LogP contribution in [0, 0.1) is 6.92 Å². The van der Waals surface area contributed by atoms with Crippen LogP contribution >= 0.6 is 23.4 Å². The third-order valence-corrected chi connectivity index (χ3v) is 4.46. The molecule has 0 spiro atoms. The van der Waals surface area contributed by atoms with Crippen LogP contribution in [0.4, 0.5) is 0 Å². The molecule has 1 aliphatic rings. The first-order valence-corrected chi connectivity index (χ1v) is 7.99. The number of thioether (sulfide) groups is 1. The summed E-state index contributed by atoms with van der Waals surface area (Å²) in [6.07, 6.45) is 4.83. The minimum absolute atomic E-state index is 0.439. The number of hydrogen-bond donors (Lipinski definition) is 0. The highest BCUT2D eigenvalue weighted by atomic mass is 35.5. The Morgan fingerprint density at radius 1 is 1.35 bits per heavy atom. The summed E-state index contributed by atoms with van der Waals surface area (Å²) in [5.74, 6) is 1.33. The Hall–Kier alpha value is -1.21. The highest BCUT2D eigenvalue weighted by molar-refractivity contribution is 7.98. The molecule has 1 saturated carbocycles. The van der Waals surface area contributed by atoms with Crippen molar-refractivity contribution in [2.24, 2.45) is 0 Å². The van der Waals surface area contributed by atoms with Gasteiger partial charge in [0.2, 0.25) is 5.16 Å². The molecule has 0 bridgehead atoms. The Bertz CT molecular complexity index is 575. The molecule has 0 unspecified atom stereocenters. The van der Waals surface area contributed by atoms with Crippen LogP contribution in [0.1, 0.15) is 43.2 Å². The first-order chi connectivity index (χ1) is 9.72. The van der Waals surface area contributed by atoms with Crippen LogP contribution < -0.4 is 0 Å². The van der Waals surface area contributed by atoms with Crippen molar-refractivity contribution in [1.82, 2.24) is 30.2 Å². The van der Waals surface area contributed by atoms with Gasteiger partial charge in [-0.05, 0) is 36.3 Å². The topological polar surface area (TPSA) is 69.4 Å². The van der Waals surface area contributed by atoms with Crippen molar-refractivity contribution in [1.29, 1.82) is 0 Å². The lowest BCUT2D eigenvalue weighted by atomic mass is 10.3. The first-order valence-electron chi connectivity index (χ1n) is 6.63. The van der Waals surface area contributed by atoms with E-state index >= 15 is 0 Å². The maximum absolute atomic E-state index is 5.94. The van der Waals surface area contributed by atoms with Gasteiger partial charge in [-0.25, -0.2) is 14.6 Å². The molecule has 2 aromatic heterocycles. The molecule has 2 heterocycles. The average Bonchev–Trinajstić information content (AvgIpc) is 3.06. The SMILES string of the molecule is Cc1cc(Cl)nc(CSc2nnnn2C2CCCC2)n1. The van der Waals surface area contributed by atoms with E-state index in [1.807, 2.05) is 11.6 Å². The standard InChI is InChI=1S/C12H15ClN6S/c1-8-6-10(13)15-11(14-8)7-20-12-16-17-18-19(12)9-4-2-3-5-9/h6,9H,2-5,7H2,1H3. The van der Waals surface area contributed by atoms with Crippen LogP contribution in [0.2, 0.25) is 5.15 Å². The molecule has 0 saturated heterocycles. The summed E-state index contributed by atoms with van der Waals surface area (Å²) >= 11 is 7.49. The number of hydrogen-bond acceptors (Lipinski definition) is 6. The summed E-state index contributed by atoms with van der Waals surface area (Å²) in [7, 11) is 0. The molecule has 0 amide bonds. The second-order valence-electron chi connectivity index (χ2n) is 4.88. The summed E-state index contributed by atoms with van der Waals surface area (Å²) in [5.41, 5.74) is 0.871. The van der Waals surface area contributed by atoms with Crippen molar-refractivity contribution in [2.75, 3.05) is 0 Å². The predicted molar refractivity (Wildman–Crippen MR) is 76.7 cm³/mol. The lowest BCUT2D eigenvalue weighted by molar-refractivity contribution is 0.423. The average molecular weight is 311 g/mol. The van der Waals surface area contributed by atoms with Crippen LogP contribution in [0.3, 0.4) is 0 Å². The van der Waals surface area contributed by atoms with Crippen LogP contribution in [0.5, 0.6) is 0 Å². The second kappa shape index (κ2) is 6.05. The number of nitrogens with zero attached hydrogens (tertiary/aromatic N) is 6. The molecule has 1 fully saturated rings. The van der Waals surface area contributed by atoms with Gasteiger partial charge in [-0.3, -0.25) is 0 Å². The second-order valence-corrected chi connectivity index (χ2v) is 6.21. The Balaban J connectivity index is 1.70. The Morgan fingerprint density at radius 3 is 2.90 bits per heavy atom. The number of rotatable bonds is 4. The van der Waals surface area contributed by atoms with Gasteiger partial charge >= 0.3 is 0 Å². The fourth-order valence-corrected chi connectivity index (χ4v) is 3.50. The fourth-order valence-electron chi connectivity index (χ4n) is 2.44. The van der Waals surface area contributed by atoms with Gasteiger partial charge in [0, 0.05) is 5.69 Å². The highest BCUT2D eigenvalue weighted by Crippen LogP contribution is 2.31. The van der Waals surface area contributed by atoms with Gasteiger partial charge in [0.05, 0.1) is 11.8 Å². The summed E-state index contributed by atoms with van der Waals surface area (Å²) in [6, 6.07) is 2.19. The van der Waals surface area contributed by atoms with E-state index in [1.54, 1.807) is 17.8 Å². The largest absolute Gasteiger partial charge is 0.237 e. The van der Waals surface area contributed by atoms with Crippen LogP contribution in [0.25, 0.3) is 0 Å². The number of aryl methyl sites for hydroxylation is 1. The van der Waals surface area contributed by atoms with E-state index < -0.39 is 0 Å². The van der Waals surface area contributed by atoms with Crippen molar-refractivity contribution >= 4 is 23.4 Å². The van der Waals surface area contributed by atoms with Gasteiger partial charge in [0.25, 0.3) is 0 Å². The number of aromatic nitrogens is 6. The van der Waals surface area contributed by atoms with Gasteiger partial charge in [-0.1, -0.05) is 36.2 Å². The minimum atomic E-state index is 0.439. The highest BCUT2D eigenvalue weighted by Gasteiger charge is 2.21. The molecule has 0 aliphatic heterocycles. The molecule has 0 atom stereocenters. The molecular weight excluding hydrogens is 296 g/mol. The molecule has 0 radical (unpaired) electrons. The third-order valence-electron chi connectivity index (χ3n) is 3.33. The van der Waals surface area contributed by atoms with E-state index in [1.165, 1.54) is 12.8 Å². The summed E-state index contributed by atoms with van der Waals surface area (Å²) in [4.78, 5) is 8.58. The summed E-state index contributed by atoms with van der Waals surface area (Å²) < 4.78 is 1.94. The molecule has 8 heteroatoms. The lowest BCUT2D eigenvalue weighted by Crippen LogP contribution is -2.08. The molecule has 6 nitrogen and oxygen atoms in total. The zero-order chi connectivity index (χ0) is 13.9. The van der Waals surface area contributed by atoms with Crippen LogP contribution in [-0.2, 0) is 5.75 Å². The van der Waals surface area contributed by atoms with Gasteiger partial charge in [0.1, 0.15) is 11.0 Å². The molecule has 2 aromatic rings. The van der Waals surface area contributed by atoms with Gasteiger partial charge in [-0.2, -0.15) is 0 Å². The van der Waals surface area contributed by atoms with E-state index in [4.69, 9.17) is 11.6 Å². The number of halogens is 1. The minimum Gasteiger partial charge on any atom is -0.237 e. The molecular formula is C12H15ClN6S. The van der Waals surface area contributed by atoms with Gasteiger partial charge in [0.15, 0.2) is 0 Å². The zero-order valence-electron chi connectivity index (χ0n) is 11.2. The number of tetrazole rings is 1. The fraction of sp³-hybridized carbons (Fsp3) is 0.583. The molecule has 3 rings (SSSR count). The lowest BCUT2D eigenvalue weighted by Gasteiger charge is -2.10. The van der Waals surface area contributed by atoms with E-state index in [0.29, 0.717) is 22.8 Å². The normalized spacial score (nSPS) is 15.9. The molecule has 1 aliphatic carbocycles.